The molecule has 0 aliphatic rings. The van der Waals surface area contributed by atoms with Crippen LogP contribution in [0.4, 0.5) is 11.4 Å². The summed E-state index contributed by atoms with van der Waals surface area (Å²) in [6.07, 6.45) is 1.96. The van der Waals surface area contributed by atoms with Crippen molar-refractivity contribution in [2.24, 2.45) is 0 Å². The molecule has 0 bridgehead atoms. The second kappa shape index (κ2) is 8.50. The maximum Gasteiger partial charge on any atom is 0.262 e. The van der Waals surface area contributed by atoms with Gasteiger partial charge in [0, 0.05) is 21.8 Å². The molecule has 2 N–H and O–H groups in total. The van der Waals surface area contributed by atoms with Crippen LogP contribution in [0.25, 0.3) is 0 Å². The van der Waals surface area contributed by atoms with Crippen molar-refractivity contribution in [3.05, 3.63) is 83.9 Å². The lowest BCUT2D eigenvalue weighted by Gasteiger charge is -2.12. The number of carbonyl (C=O) groups is 1. The first-order chi connectivity index (χ1) is 13.4. The van der Waals surface area contributed by atoms with E-state index in [2.05, 4.69) is 10.0 Å². The Bertz CT molecular complexity index is 1100. The molecular weight excluding hydrogens is 392 g/mol. The molecule has 3 rings (SSSR count). The molecule has 1 amide bonds. The summed E-state index contributed by atoms with van der Waals surface area (Å²) in [5, 5.41) is 2.81. The van der Waals surface area contributed by atoms with E-state index < -0.39 is 10.0 Å². The summed E-state index contributed by atoms with van der Waals surface area (Å²) in [5.41, 5.74) is 1.95. The van der Waals surface area contributed by atoms with Crippen molar-refractivity contribution in [2.75, 3.05) is 16.3 Å². The lowest BCUT2D eigenvalue weighted by molar-refractivity contribution is 0.102. The van der Waals surface area contributed by atoms with Gasteiger partial charge in [-0.1, -0.05) is 30.3 Å². The summed E-state index contributed by atoms with van der Waals surface area (Å²) in [7, 11) is -3.82. The van der Waals surface area contributed by atoms with Crippen LogP contribution in [0.2, 0.25) is 0 Å². The lowest BCUT2D eigenvalue weighted by atomic mass is 10.1. The van der Waals surface area contributed by atoms with Crippen molar-refractivity contribution in [2.45, 2.75) is 16.7 Å². The number of hydrogen-bond donors (Lipinski definition) is 2. The van der Waals surface area contributed by atoms with Crippen molar-refractivity contribution in [3.63, 3.8) is 0 Å². The normalized spacial score (nSPS) is 11.1. The molecule has 0 aliphatic carbocycles. The van der Waals surface area contributed by atoms with Crippen LogP contribution in [-0.4, -0.2) is 20.6 Å². The molecule has 0 unspecified atom stereocenters. The highest BCUT2D eigenvalue weighted by atomic mass is 32.2. The van der Waals surface area contributed by atoms with Crippen molar-refractivity contribution < 1.29 is 13.2 Å². The number of rotatable bonds is 6. The minimum Gasteiger partial charge on any atom is -0.322 e. The summed E-state index contributed by atoms with van der Waals surface area (Å²) < 4.78 is 28.1. The standard InChI is InChI=1S/C21H20N2O3S2/c1-15-11-12-16(21(24)22-18-9-6-10-19(14-18)27-2)13-20(15)28(25,26)23-17-7-4-3-5-8-17/h3-14,23H,1-2H3,(H,22,24). The third-order valence-corrected chi connectivity index (χ3v) is 6.34. The quantitative estimate of drug-likeness (QED) is 0.572. The molecule has 0 spiro atoms. The van der Waals surface area contributed by atoms with Crippen molar-refractivity contribution >= 4 is 39.1 Å². The van der Waals surface area contributed by atoms with Gasteiger partial charge in [0.15, 0.2) is 0 Å². The number of aryl methyl sites for hydroxylation is 1. The van der Waals surface area contributed by atoms with Gasteiger partial charge in [-0.15, -0.1) is 11.8 Å². The maximum absolute atomic E-state index is 12.8. The SMILES string of the molecule is CSc1cccc(NC(=O)c2ccc(C)c(S(=O)(=O)Nc3ccccc3)c2)c1. The topological polar surface area (TPSA) is 75.3 Å². The van der Waals surface area contributed by atoms with E-state index in [4.69, 9.17) is 0 Å². The van der Waals surface area contributed by atoms with E-state index >= 15 is 0 Å². The van der Waals surface area contributed by atoms with Crippen molar-refractivity contribution in [1.82, 2.24) is 0 Å². The van der Waals surface area contributed by atoms with Crippen LogP contribution in [0.1, 0.15) is 15.9 Å². The zero-order chi connectivity index (χ0) is 20.1. The van der Waals surface area contributed by atoms with E-state index in [1.165, 1.54) is 6.07 Å². The third-order valence-electron chi connectivity index (χ3n) is 4.09. The molecule has 0 heterocycles. The Hall–Kier alpha value is -2.77. The first-order valence-corrected chi connectivity index (χ1v) is 11.2. The molecule has 3 aromatic rings. The summed E-state index contributed by atoms with van der Waals surface area (Å²) in [5.74, 6) is -0.366. The molecule has 28 heavy (non-hydrogen) atoms. The zero-order valence-electron chi connectivity index (χ0n) is 15.5. The van der Waals surface area contributed by atoms with Crippen LogP contribution in [0.5, 0.6) is 0 Å². The molecular formula is C21H20N2O3S2. The molecule has 0 aromatic heterocycles. The van der Waals surface area contributed by atoms with E-state index in [0.717, 1.165) is 4.90 Å². The van der Waals surface area contributed by atoms with Gasteiger partial charge in [0.1, 0.15) is 0 Å². The van der Waals surface area contributed by atoms with E-state index in [1.807, 2.05) is 24.5 Å². The fraction of sp³-hybridized carbons (Fsp3) is 0.0952. The number of nitrogens with one attached hydrogen (secondary N) is 2. The van der Waals surface area contributed by atoms with Gasteiger partial charge in [-0.3, -0.25) is 9.52 Å². The predicted molar refractivity (Wildman–Crippen MR) is 115 cm³/mol. The summed E-state index contributed by atoms with van der Waals surface area (Å²) in [6.45, 7) is 1.70. The smallest absolute Gasteiger partial charge is 0.262 e. The number of amides is 1. The first-order valence-electron chi connectivity index (χ1n) is 8.53. The fourth-order valence-corrected chi connectivity index (χ4v) is 4.44. The number of para-hydroxylation sites is 1. The first kappa shape index (κ1) is 20.0. The number of anilines is 2. The zero-order valence-corrected chi connectivity index (χ0v) is 17.1. The molecule has 0 aliphatic heterocycles. The molecule has 3 aromatic carbocycles. The number of carbonyl (C=O) groups excluding carboxylic acids is 1. The molecule has 0 saturated carbocycles. The van der Waals surface area contributed by atoms with E-state index in [9.17, 15) is 13.2 Å². The van der Waals surface area contributed by atoms with Gasteiger partial charge in [-0.05, 0) is 61.2 Å². The Balaban J connectivity index is 1.87. The Morgan fingerprint density at radius 1 is 0.893 bits per heavy atom. The van der Waals surface area contributed by atoms with Gasteiger partial charge in [0.2, 0.25) is 0 Å². The van der Waals surface area contributed by atoms with Crippen LogP contribution in [0.3, 0.4) is 0 Å². The van der Waals surface area contributed by atoms with Gasteiger partial charge in [-0.2, -0.15) is 0 Å². The predicted octanol–water partition coefficient (Wildman–Crippen LogP) is 4.77. The molecule has 7 heteroatoms. The fourth-order valence-electron chi connectivity index (χ4n) is 2.65. The minimum absolute atomic E-state index is 0.0712. The Morgan fingerprint density at radius 3 is 2.32 bits per heavy atom. The third kappa shape index (κ3) is 4.74. The van der Waals surface area contributed by atoms with E-state index in [0.29, 0.717) is 16.9 Å². The lowest BCUT2D eigenvalue weighted by Crippen LogP contribution is -2.17. The van der Waals surface area contributed by atoms with Crippen LogP contribution in [0.15, 0.2) is 82.6 Å². The van der Waals surface area contributed by atoms with Crippen molar-refractivity contribution in [3.8, 4) is 0 Å². The second-order valence-corrected chi connectivity index (χ2v) is 8.67. The van der Waals surface area contributed by atoms with Crippen LogP contribution >= 0.6 is 11.8 Å². The van der Waals surface area contributed by atoms with Crippen LogP contribution in [0, 0.1) is 6.92 Å². The van der Waals surface area contributed by atoms with Gasteiger partial charge >= 0.3 is 0 Å². The number of hydrogen-bond acceptors (Lipinski definition) is 4. The highest BCUT2D eigenvalue weighted by Crippen LogP contribution is 2.23. The van der Waals surface area contributed by atoms with Gasteiger partial charge < -0.3 is 5.32 Å². The van der Waals surface area contributed by atoms with E-state index in [-0.39, 0.29) is 16.4 Å². The largest absolute Gasteiger partial charge is 0.322 e. The highest BCUT2D eigenvalue weighted by molar-refractivity contribution is 7.98. The molecule has 0 radical (unpaired) electrons. The maximum atomic E-state index is 12.8. The highest BCUT2D eigenvalue weighted by Gasteiger charge is 2.19. The molecule has 0 atom stereocenters. The average molecular weight is 413 g/mol. The summed E-state index contributed by atoms with van der Waals surface area (Å²) in [6, 6.07) is 20.7. The Kier molecular flexibility index (Phi) is 6.06. The van der Waals surface area contributed by atoms with Gasteiger partial charge in [0.25, 0.3) is 15.9 Å². The molecule has 0 saturated heterocycles. The van der Waals surface area contributed by atoms with Gasteiger partial charge in [0.05, 0.1) is 4.90 Å². The number of benzene rings is 3. The average Bonchev–Trinajstić information content (AvgIpc) is 2.68. The minimum atomic E-state index is -3.82. The van der Waals surface area contributed by atoms with Crippen molar-refractivity contribution in [1.29, 1.82) is 0 Å². The molecule has 0 fully saturated rings. The van der Waals surface area contributed by atoms with Crippen LogP contribution in [-0.2, 0) is 10.0 Å². The second-order valence-electron chi connectivity index (χ2n) is 6.14. The molecule has 5 nitrogen and oxygen atoms in total. The number of thioether (sulfide) groups is 1. The monoisotopic (exact) mass is 412 g/mol. The Labute approximate surface area is 169 Å². The molecule has 144 valence electrons. The van der Waals surface area contributed by atoms with Crippen LogP contribution < -0.4 is 10.0 Å². The summed E-state index contributed by atoms with van der Waals surface area (Å²) in [4.78, 5) is 13.7. The summed E-state index contributed by atoms with van der Waals surface area (Å²) >= 11 is 1.58. The van der Waals surface area contributed by atoms with E-state index in [1.54, 1.807) is 67.2 Å². The van der Waals surface area contributed by atoms with Gasteiger partial charge in [-0.25, -0.2) is 8.42 Å². The number of sulfonamides is 1. The Morgan fingerprint density at radius 2 is 1.61 bits per heavy atom.